The highest BCUT2D eigenvalue weighted by Gasteiger charge is 2.44. The van der Waals surface area contributed by atoms with Crippen LogP contribution in [-0.4, -0.2) is 83.0 Å². The SMILES string of the molecule is COc1cccc(OC)c1C(=O)OCc1cc(O)ccc1O[C@@H]1O[C@@H](CO)[C@@H](O)[C@H](O)[C@@H]1O. The van der Waals surface area contributed by atoms with Crippen LogP contribution in [0.3, 0.4) is 0 Å². The molecule has 0 unspecified atom stereocenters. The molecule has 0 saturated carbocycles. The van der Waals surface area contributed by atoms with Crippen molar-refractivity contribution in [3.05, 3.63) is 47.5 Å². The van der Waals surface area contributed by atoms with Crippen LogP contribution in [0.4, 0.5) is 0 Å². The third kappa shape index (κ3) is 5.29. The summed E-state index contributed by atoms with van der Waals surface area (Å²) in [5.41, 5.74) is 0.285. The van der Waals surface area contributed by atoms with Crippen LogP contribution in [0, 0.1) is 0 Å². The number of carbonyl (C=O) groups is 1. The van der Waals surface area contributed by atoms with Gasteiger partial charge in [-0.15, -0.1) is 0 Å². The first-order chi connectivity index (χ1) is 15.8. The quantitative estimate of drug-likeness (QED) is 0.331. The maximum Gasteiger partial charge on any atom is 0.346 e. The van der Waals surface area contributed by atoms with Gasteiger partial charge in [-0.05, 0) is 30.3 Å². The van der Waals surface area contributed by atoms with Crippen LogP contribution in [0.1, 0.15) is 15.9 Å². The van der Waals surface area contributed by atoms with Gasteiger partial charge in [0.25, 0.3) is 0 Å². The Hall–Kier alpha value is -3.09. The minimum Gasteiger partial charge on any atom is -0.508 e. The summed E-state index contributed by atoms with van der Waals surface area (Å²) in [5, 5.41) is 49.3. The fourth-order valence-electron chi connectivity index (χ4n) is 3.35. The van der Waals surface area contributed by atoms with Crippen molar-refractivity contribution in [1.29, 1.82) is 0 Å². The third-order valence-electron chi connectivity index (χ3n) is 5.13. The summed E-state index contributed by atoms with van der Waals surface area (Å²) in [7, 11) is 2.79. The lowest BCUT2D eigenvalue weighted by atomic mass is 9.99. The maximum absolute atomic E-state index is 12.7. The number of aromatic hydroxyl groups is 1. The first kappa shape index (κ1) is 24.6. The predicted octanol–water partition coefficient (Wildman–Crippen LogP) is -0.0549. The number of methoxy groups -OCH3 is 2. The van der Waals surface area contributed by atoms with Gasteiger partial charge in [-0.2, -0.15) is 0 Å². The van der Waals surface area contributed by atoms with Crippen molar-refractivity contribution >= 4 is 5.97 Å². The molecule has 1 saturated heterocycles. The van der Waals surface area contributed by atoms with Crippen LogP contribution in [0.25, 0.3) is 0 Å². The Balaban J connectivity index is 1.79. The molecule has 0 bridgehead atoms. The van der Waals surface area contributed by atoms with Crippen molar-refractivity contribution < 1.29 is 54.0 Å². The zero-order valence-corrected chi connectivity index (χ0v) is 18.0. The summed E-state index contributed by atoms with van der Waals surface area (Å²) in [6.45, 7) is -0.965. The van der Waals surface area contributed by atoms with E-state index in [4.69, 9.17) is 23.7 Å². The molecule has 1 heterocycles. The van der Waals surface area contributed by atoms with Gasteiger partial charge in [0.15, 0.2) is 0 Å². The molecule has 0 amide bonds. The number of phenolic OH excluding ortho intramolecular Hbond substituents is 1. The number of hydrogen-bond donors (Lipinski definition) is 5. The van der Waals surface area contributed by atoms with Gasteiger partial charge in [-0.1, -0.05) is 6.07 Å². The molecule has 180 valence electrons. The Morgan fingerprint density at radius 3 is 2.24 bits per heavy atom. The van der Waals surface area contributed by atoms with Crippen molar-refractivity contribution in [2.45, 2.75) is 37.3 Å². The number of ether oxygens (including phenoxy) is 5. The molecular weight excluding hydrogens is 440 g/mol. The molecule has 0 aromatic heterocycles. The minimum atomic E-state index is -1.63. The Bertz CT molecular complexity index is 939. The van der Waals surface area contributed by atoms with Crippen LogP contribution in [0.15, 0.2) is 36.4 Å². The van der Waals surface area contributed by atoms with Gasteiger partial charge in [0.2, 0.25) is 6.29 Å². The number of hydrogen-bond acceptors (Lipinski definition) is 11. The fourth-order valence-corrected chi connectivity index (χ4v) is 3.35. The standard InChI is InChI=1S/C22H26O11/c1-29-14-4-3-5-15(30-2)17(14)21(28)31-10-11-8-12(24)6-7-13(11)32-22-20(27)19(26)18(25)16(9-23)33-22/h3-8,16,18-20,22-27H,9-10H2,1-2H3/t16-,18+,19-,20-,22+/m0/s1. The van der Waals surface area contributed by atoms with E-state index in [1.807, 2.05) is 0 Å². The van der Waals surface area contributed by atoms with Gasteiger partial charge in [-0.25, -0.2) is 4.79 Å². The van der Waals surface area contributed by atoms with Crippen molar-refractivity contribution in [2.75, 3.05) is 20.8 Å². The lowest BCUT2D eigenvalue weighted by molar-refractivity contribution is -0.277. The van der Waals surface area contributed by atoms with Gasteiger partial charge < -0.3 is 49.2 Å². The van der Waals surface area contributed by atoms with Crippen molar-refractivity contribution in [1.82, 2.24) is 0 Å². The van der Waals surface area contributed by atoms with E-state index in [0.717, 1.165) is 0 Å². The van der Waals surface area contributed by atoms with Gasteiger partial charge in [0.1, 0.15) is 59.6 Å². The van der Waals surface area contributed by atoms with Crippen molar-refractivity contribution in [3.8, 4) is 23.0 Å². The zero-order chi connectivity index (χ0) is 24.1. The lowest BCUT2D eigenvalue weighted by Crippen LogP contribution is -2.60. The third-order valence-corrected chi connectivity index (χ3v) is 5.13. The highest BCUT2D eigenvalue weighted by atomic mass is 16.7. The summed E-state index contributed by atoms with van der Waals surface area (Å²) in [5.74, 6) is -0.346. The smallest absolute Gasteiger partial charge is 0.346 e. The van der Waals surface area contributed by atoms with E-state index in [1.165, 1.54) is 32.4 Å². The molecular formula is C22H26O11. The molecule has 5 atom stereocenters. The van der Waals surface area contributed by atoms with Crippen LogP contribution in [0.5, 0.6) is 23.0 Å². The Kier molecular flexibility index (Phi) is 7.95. The second-order valence-corrected chi connectivity index (χ2v) is 7.22. The topological polar surface area (TPSA) is 164 Å². The molecule has 11 heteroatoms. The second kappa shape index (κ2) is 10.7. The Morgan fingerprint density at radius 2 is 1.64 bits per heavy atom. The van der Waals surface area contributed by atoms with E-state index in [0.29, 0.717) is 0 Å². The number of esters is 1. The fraction of sp³-hybridized carbons (Fsp3) is 0.409. The van der Waals surface area contributed by atoms with Crippen LogP contribution in [0.2, 0.25) is 0 Å². The molecule has 0 radical (unpaired) electrons. The lowest BCUT2D eigenvalue weighted by Gasteiger charge is -2.39. The van der Waals surface area contributed by atoms with Crippen molar-refractivity contribution in [3.63, 3.8) is 0 Å². The molecule has 1 aliphatic heterocycles. The van der Waals surface area contributed by atoms with E-state index in [-0.39, 0.29) is 40.7 Å². The van der Waals surface area contributed by atoms with Gasteiger partial charge >= 0.3 is 5.97 Å². The highest BCUT2D eigenvalue weighted by Crippen LogP contribution is 2.32. The largest absolute Gasteiger partial charge is 0.508 e. The Morgan fingerprint density at radius 1 is 0.970 bits per heavy atom. The molecule has 0 aliphatic carbocycles. The van der Waals surface area contributed by atoms with Gasteiger partial charge in [-0.3, -0.25) is 0 Å². The molecule has 2 aromatic carbocycles. The minimum absolute atomic E-state index is 0.0666. The summed E-state index contributed by atoms with van der Waals surface area (Å²) >= 11 is 0. The number of aliphatic hydroxyl groups is 4. The van der Waals surface area contributed by atoms with Crippen LogP contribution in [-0.2, 0) is 16.1 Å². The summed E-state index contributed by atoms with van der Waals surface area (Å²) < 4.78 is 26.7. The maximum atomic E-state index is 12.7. The highest BCUT2D eigenvalue weighted by molar-refractivity contribution is 5.95. The van der Waals surface area contributed by atoms with Gasteiger partial charge in [0, 0.05) is 5.56 Å². The number of aliphatic hydroxyl groups excluding tert-OH is 4. The first-order valence-electron chi connectivity index (χ1n) is 9.97. The van der Waals surface area contributed by atoms with Crippen molar-refractivity contribution in [2.24, 2.45) is 0 Å². The second-order valence-electron chi connectivity index (χ2n) is 7.22. The van der Waals surface area contributed by atoms with E-state index < -0.39 is 43.3 Å². The molecule has 3 rings (SSSR count). The monoisotopic (exact) mass is 466 g/mol. The molecule has 33 heavy (non-hydrogen) atoms. The predicted molar refractivity (Wildman–Crippen MR) is 111 cm³/mol. The van der Waals surface area contributed by atoms with E-state index in [9.17, 15) is 30.3 Å². The van der Waals surface area contributed by atoms with E-state index >= 15 is 0 Å². The zero-order valence-electron chi connectivity index (χ0n) is 18.0. The number of carbonyl (C=O) groups excluding carboxylic acids is 1. The van der Waals surface area contributed by atoms with Gasteiger partial charge in [0.05, 0.1) is 20.8 Å². The summed E-state index contributed by atoms with van der Waals surface area (Å²) in [6.07, 6.45) is -7.42. The molecule has 1 fully saturated rings. The van der Waals surface area contributed by atoms with Crippen LogP contribution < -0.4 is 14.2 Å². The molecule has 5 N–H and O–H groups in total. The molecule has 1 aliphatic rings. The number of benzene rings is 2. The average molecular weight is 466 g/mol. The summed E-state index contributed by atoms with van der Waals surface area (Å²) in [6, 6.07) is 8.72. The number of rotatable bonds is 8. The first-order valence-corrected chi connectivity index (χ1v) is 9.97. The van der Waals surface area contributed by atoms with E-state index in [2.05, 4.69) is 0 Å². The van der Waals surface area contributed by atoms with E-state index in [1.54, 1.807) is 18.2 Å². The Labute approximate surface area is 189 Å². The average Bonchev–Trinajstić information content (AvgIpc) is 2.83. The summed E-state index contributed by atoms with van der Waals surface area (Å²) in [4.78, 5) is 12.7. The normalized spacial score (nSPS) is 24.7. The molecule has 2 aromatic rings. The molecule has 0 spiro atoms. The van der Waals surface area contributed by atoms with Crippen LogP contribution >= 0.6 is 0 Å². The molecule has 11 nitrogen and oxygen atoms in total. The number of phenols is 1.